The average molecular weight is 295 g/mol. The Bertz CT molecular complexity index is 491. The highest BCUT2D eigenvalue weighted by Gasteiger charge is 2.25. The van der Waals surface area contributed by atoms with Crippen molar-refractivity contribution in [3.63, 3.8) is 0 Å². The molecule has 3 N–H and O–H groups in total. The molecule has 7 heteroatoms. The van der Waals surface area contributed by atoms with Gasteiger partial charge >= 0.3 is 0 Å². The Hall–Kier alpha value is -1.34. The number of thiazole rings is 1. The summed E-state index contributed by atoms with van der Waals surface area (Å²) in [6.45, 7) is 4.67. The first kappa shape index (κ1) is 13.6. The molecule has 1 aliphatic carbocycles. The molecule has 2 heterocycles. The molecule has 2 fully saturated rings. The minimum Gasteiger partial charge on any atom is -0.382 e. The predicted octanol–water partition coefficient (Wildman–Crippen LogP) is 0.617. The van der Waals surface area contributed by atoms with E-state index >= 15 is 0 Å². The smallest absolute Gasteiger partial charge is 0.265 e. The van der Waals surface area contributed by atoms with E-state index in [0.29, 0.717) is 16.6 Å². The van der Waals surface area contributed by atoms with Crippen molar-refractivity contribution >= 4 is 28.2 Å². The van der Waals surface area contributed by atoms with Gasteiger partial charge in [0.2, 0.25) is 0 Å². The number of hydrogen-bond donors (Lipinski definition) is 2. The zero-order valence-electron chi connectivity index (χ0n) is 11.8. The molecule has 0 unspecified atom stereocenters. The molecule has 0 spiro atoms. The number of nitrogens with zero attached hydrogens (tertiary/aromatic N) is 3. The lowest BCUT2D eigenvalue weighted by molar-refractivity contribution is 0.0956. The standard InChI is InChI=1S/C13H21N5OS/c1-17-4-6-18(7-5-17)13-16-11(14)10(20-13)12(19)15-8-9-2-3-9/h9H,2-8,14H2,1H3,(H,15,19). The van der Waals surface area contributed by atoms with Crippen LogP contribution in [-0.4, -0.2) is 55.6 Å². The van der Waals surface area contributed by atoms with Crippen LogP contribution in [0.5, 0.6) is 0 Å². The lowest BCUT2D eigenvalue weighted by Gasteiger charge is -2.31. The largest absolute Gasteiger partial charge is 0.382 e. The Morgan fingerprint density at radius 1 is 1.40 bits per heavy atom. The van der Waals surface area contributed by atoms with E-state index in [1.54, 1.807) is 0 Å². The predicted molar refractivity (Wildman–Crippen MR) is 81.3 cm³/mol. The SMILES string of the molecule is CN1CCN(c2nc(N)c(C(=O)NCC3CC3)s2)CC1. The van der Waals surface area contributed by atoms with Crippen LogP contribution in [0.3, 0.4) is 0 Å². The lowest BCUT2D eigenvalue weighted by Crippen LogP contribution is -2.44. The maximum atomic E-state index is 12.1. The fraction of sp³-hybridized carbons (Fsp3) is 0.692. The molecule has 3 rings (SSSR count). The summed E-state index contributed by atoms with van der Waals surface area (Å²) < 4.78 is 0. The summed E-state index contributed by atoms with van der Waals surface area (Å²) in [6.07, 6.45) is 2.45. The number of rotatable bonds is 4. The zero-order valence-corrected chi connectivity index (χ0v) is 12.6. The summed E-state index contributed by atoms with van der Waals surface area (Å²) in [6, 6.07) is 0. The Labute approximate surface area is 123 Å². The molecular weight excluding hydrogens is 274 g/mol. The highest BCUT2D eigenvalue weighted by molar-refractivity contribution is 7.18. The Morgan fingerprint density at radius 3 is 2.75 bits per heavy atom. The van der Waals surface area contributed by atoms with Gasteiger partial charge in [-0.2, -0.15) is 0 Å². The van der Waals surface area contributed by atoms with Crippen LogP contribution in [-0.2, 0) is 0 Å². The van der Waals surface area contributed by atoms with Gasteiger partial charge in [-0.25, -0.2) is 4.98 Å². The van der Waals surface area contributed by atoms with E-state index < -0.39 is 0 Å². The Kier molecular flexibility index (Phi) is 3.80. The van der Waals surface area contributed by atoms with Gasteiger partial charge < -0.3 is 20.9 Å². The molecule has 1 aliphatic heterocycles. The van der Waals surface area contributed by atoms with Gasteiger partial charge in [0.25, 0.3) is 5.91 Å². The van der Waals surface area contributed by atoms with Crippen LogP contribution in [0.2, 0.25) is 0 Å². The van der Waals surface area contributed by atoms with Crippen LogP contribution in [0.25, 0.3) is 0 Å². The van der Waals surface area contributed by atoms with E-state index in [1.807, 2.05) is 0 Å². The second-order valence-corrected chi connectivity index (χ2v) is 6.63. The molecule has 110 valence electrons. The number of carbonyl (C=O) groups excluding carboxylic acids is 1. The molecule has 1 saturated heterocycles. The van der Waals surface area contributed by atoms with Crippen molar-refractivity contribution in [2.45, 2.75) is 12.8 Å². The van der Waals surface area contributed by atoms with E-state index in [4.69, 9.17) is 5.73 Å². The molecule has 1 amide bonds. The highest BCUT2D eigenvalue weighted by atomic mass is 32.1. The first-order valence-electron chi connectivity index (χ1n) is 7.11. The third-order valence-electron chi connectivity index (χ3n) is 3.87. The summed E-state index contributed by atoms with van der Waals surface area (Å²) in [4.78, 5) is 21.5. The van der Waals surface area contributed by atoms with Gasteiger partial charge in [0, 0.05) is 32.7 Å². The number of piperazine rings is 1. The van der Waals surface area contributed by atoms with Gasteiger partial charge in [0.1, 0.15) is 10.7 Å². The summed E-state index contributed by atoms with van der Waals surface area (Å²) in [5, 5.41) is 3.82. The van der Waals surface area contributed by atoms with Gasteiger partial charge in [0.15, 0.2) is 5.13 Å². The topological polar surface area (TPSA) is 74.5 Å². The first-order chi connectivity index (χ1) is 9.63. The van der Waals surface area contributed by atoms with Crippen molar-refractivity contribution in [1.82, 2.24) is 15.2 Å². The number of nitrogens with two attached hydrogens (primary N) is 1. The van der Waals surface area contributed by atoms with E-state index in [9.17, 15) is 4.79 Å². The van der Waals surface area contributed by atoms with E-state index in [0.717, 1.165) is 37.9 Å². The normalized spacial score (nSPS) is 20.1. The number of hydrogen-bond acceptors (Lipinski definition) is 6. The number of nitrogen functional groups attached to an aromatic ring is 1. The average Bonchev–Trinajstić information content (AvgIpc) is 3.19. The van der Waals surface area contributed by atoms with Crippen molar-refractivity contribution in [1.29, 1.82) is 0 Å². The van der Waals surface area contributed by atoms with Crippen molar-refractivity contribution in [3.05, 3.63) is 4.88 Å². The molecule has 6 nitrogen and oxygen atoms in total. The monoisotopic (exact) mass is 295 g/mol. The number of aromatic nitrogens is 1. The molecule has 1 aromatic heterocycles. The van der Waals surface area contributed by atoms with Crippen LogP contribution in [0.4, 0.5) is 10.9 Å². The Morgan fingerprint density at radius 2 is 2.10 bits per heavy atom. The van der Waals surface area contributed by atoms with Crippen LogP contribution < -0.4 is 16.0 Å². The second kappa shape index (κ2) is 5.57. The molecule has 20 heavy (non-hydrogen) atoms. The first-order valence-corrected chi connectivity index (χ1v) is 7.93. The maximum Gasteiger partial charge on any atom is 0.265 e. The summed E-state index contributed by atoms with van der Waals surface area (Å²) >= 11 is 1.41. The van der Waals surface area contributed by atoms with Crippen LogP contribution in [0.15, 0.2) is 0 Å². The number of anilines is 2. The fourth-order valence-electron chi connectivity index (χ4n) is 2.26. The minimum atomic E-state index is -0.0766. The minimum absolute atomic E-state index is 0.0766. The molecule has 0 atom stereocenters. The lowest BCUT2D eigenvalue weighted by atomic mass is 10.3. The molecule has 2 aliphatic rings. The van der Waals surface area contributed by atoms with Crippen molar-refractivity contribution in [2.75, 3.05) is 50.4 Å². The molecule has 0 radical (unpaired) electrons. The molecule has 0 aromatic carbocycles. The highest BCUT2D eigenvalue weighted by Crippen LogP contribution is 2.30. The van der Waals surface area contributed by atoms with Gasteiger partial charge in [-0.15, -0.1) is 0 Å². The van der Waals surface area contributed by atoms with Gasteiger partial charge in [-0.3, -0.25) is 4.79 Å². The summed E-state index contributed by atoms with van der Waals surface area (Å²) in [5.74, 6) is 0.953. The van der Waals surface area contributed by atoms with E-state index in [2.05, 4.69) is 27.1 Å². The van der Waals surface area contributed by atoms with Crippen LogP contribution in [0, 0.1) is 5.92 Å². The van der Waals surface area contributed by atoms with Crippen LogP contribution in [0.1, 0.15) is 22.5 Å². The quantitative estimate of drug-likeness (QED) is 0.851. The maximum absolute atomic E-state index is 12.1. The molecule has 0 bridgehead atoms. The molecule has 1 saturated carbocycles. The number of amides is 1. The fourth-order valence-corrected chi connectivity index (χ4v) is 3.21. The molecule has 1 aromatic rings. The van der Waals surface area contributed by atoms with Crippen molar-refractivity contribution in [3.8, 4) is 0 Å². The van der Waals surface area contributed by atoms with Crippen molar-refractivity contribution in [2.24, 2.45) is 5.92 Å². The van der Waals surface area contributed by atoms with Gasteiger partial charge in [0.05, 0.1) is 0 Å². The number of likely N-dealkylation sites (N-methyl/N-ethyl adjacent to an activating group) is 1. The van der Waals surface area contributed by atoms with Gasteiger partial charge in [-0.1, -0.05) is 11.3 Å². The third kappa shape index (κ3) is 3.04. The zero-order chi connectivity index (χ0) is 14.1. The van der Waals surface area contributed by atoms with E-state index in [1.165, 1.54) is 24.2 Å². The Balaban J connectivity index is 1.64. The van der Waals surface area contributed by atoms with Crippen molar-refractivity contribution < 1.29 is 4.79 Å². The van der Waals surface area contributed by atoms with Gasteiger partial charge in [-0.05, 0) is 25.8 Å². The second-order valence-electron chi connectivity index (χ2n) is 5.65. The van der Waals surface area contributed by atoms with E-state index in [-0.39, 0.29) is 5.91 Å². The third-order valence-corrected chi connectivity index (χ3v) is 5.00. The number of nitrogens with one attached hydrogen (secondary N) is 1. The number of carbonyl (C=O) groups is 1. The summed E-state index contributed by atoms with van der Waals surface area (Å²) in [5.41, 5.74) is 5.90. The molecular formula is C13H21N5OS. The van der Waals surface area contributed by atoms with Crippen LogP contribution >= 0.6 is 11.3 Å². The summed E-state index contributed by atoms with van der Waals surface area (Å²) in [7, 11) is 2.12.